The molecule has 23 heavy (non-hydrogen) atoms. The van der Waals surface area contributed by atoms with Gasteiger partial charge in [0.25, 0.3) is 0 Å². The van der Waals surface area contributed by atoms with Crippen molar-refractivity contribution in [3.63, 3.8) is 0 Å². The van der Waals surface area contributed by atoms with Crippen molar-refractivity contribution in [3.8, 4) is 0 Å². The number of imidazole rings is 1. The van der Waals surface area contributed by atoms with Gasteiger partial charge in [-0.25, -0.2) is 9.78 Å². The molecule has 0 saturated heterocycles. The topological polar surface area (TPSA) is 59.4 Å². The number of aromatic nitrogens is 2. The Morgan fingerprint density at radius 3 is 2.65 bits per heavy atom. The van der Waals surface area contributed by atoms with E-state index in [-0.39, 0.29) is 12.6 Å². The number of ether oxygens (including phenoxy) is 1. The van der Waals surface area contributed by atoms with E-state index in [1.165, 1.54) is 6.08 Å². The van der Waals surface area contributed by atoms with Crippen LogP contribution in [0.25, 0.3) is 0 Å². The summed E-state index contributed by atoms with van der Waals surface area (Å²) < 4.78 is 6.90. The van der Waals surface area contributed by atoms with Crippen LogP contribution in [0, 0.1) is 0 Å². The monoisotopic (exact) mass is 314 g/mol. The van der Waals surface area contributed by atoms with Crippen LogP contribution in [0.1, 0.15) is 17.4 Å². The summed E-state index contributed by atoms with van der Waals surface area (Å²) in [5, 5.41) is 2.85. The predicted molar refractivity (Wildman–Crippen MR) is 90.5 cm³/mol. The highest BCUT2D eigenvalue weighted by Crippen LogP contribution is 2.23. The third kappa shape index (κ3) is 4.12. The smallest absolute Gasteiger partial charge is 0.408 e. The first-order valence-electron chi connectivity index (χ1n) is 7.31. The van der Waals surface area contributed by atoms with Crippen molar-refractivity contribution in [2.24, 2.45) is 7.05 Å². The number of alkyl carbamates (subject to hydrolysis) is 1. The van der Waals surface area contributed by atoms with Gasteiger partial charge in [0.1, 0.15) is 18.5 Å². The summed E-state index contributed by atoms with van der Waals surface area (Å²) in [5.74, 6) is 0.734. The van der Waals surface area contributed by atoms with Crippen molar-refractivity contribution < 1.29 is 9.53 Å². The fraction of sp³-hybridized carbons (Fsp3) is 0.294. The Balaban J connectivity index is 2.28. The van der Waals surface area contributed by atoms with Crippen LogP contribution in [0.3, 0.4) is 0 Å². The fourth-order valence-electron chi connectivity index (χ4n) is 2.21. The van der Waals surface area contributed by atoms with Gasteiger partial charge in [-0.3, -0.25) is 0 Å². The molecule has 1 N–H and O–H groups in total. The maximum absolute atomic E-state index is 11.9. The third-order valence-corrected chi connectivity index (χ3v) is 3.45. The van der Waals surface area contributed by atoms with E-state index in [2.05, 4.69) is 16.9 Å². The molecule has 0 saturated carbocycles. The van der Waals surface area contributed by atoms with E-state index < -0.39 is 6.09 Å². The predicted octanol–water partition coefficient (Wildman–Crippen LogP) is 2.49. The van der Waals surface area contributed by atoms with Crippen molar-refractivity contribution in [1.29, 1.82) is 0 Å². The van der Waals surface area contributed by atoms with Gasteiger partial charge in [0.15, 0.2) is 0 Å². The van der Waals surface area contributed by atoms with E-state index in [1.54, 1.807) is 6.20 Å². The molecule has 0 aliphatic carbocycles. The molecule has 0 fully saturated rings. The Morgan fingerprint density at radius 2 is 2.13 bits per heavy atom. The van der Waals surface area contributed by atoms with Crippen LogP contribution in [0.2, 0.25) is 0 Å². The third-order valence-electron chi connectivity index (χ3n) is 3.45. The Bertz CT molecular complexity index is 661. The lowest BCUT2D eigenvalue weighted by Gasteiger charge is -2.20. The van der Waals surface area contributed by atoms with E-state index >= 15 is 0 Å². The average Bonchev–Trinajstić information content (AvgIpc) is 2.96. The molecule has 1 heterocycles. The number of hydrogen-bond acceptors (Lipinski definition) is 4. The van der Waals surface area contributed by atoms with Crippen LogP contribution in [0.15, 0.2) is 49.3 Å². The first-order chi connectivity index (χ1) is 11.0. The van der Waals surface area contributed by atoms with Gasteiger partial charge in [-0.2, -0.15) is 0 Å². The highest BCUT2D eigenvalue weighted by molar-refractivity contribution is 5.68. The van der Waals surface area contributed by atoms with Crippen molar-refractivity contribution in [1.82, 2.24) is 14.9 Å². The minimum Gasteiger partial charge on any atom is -0.445 e. The van der Waals surface area contributed by atoms with Gasteiger partial charge < -0.3 is 19.5 Å². The summed E-state index contributed by atoms with van der Waals surface area (Å²) in [6.45, 7) is 3.70. The average molecular weight is 314 g/mol. The summed E-state index contributed by atoms with van der Waals surface area (Å²) in [4.78, 5) is 18.3. The minimum atomic E-state index is -0.505. The largest absolute Gasteiger partial charge is 0.445 e. The summed E-state index contributed by atoms with van der Waals surface area (Å²) >= 11 is 0. The zero-order chi connectivity index (χ0) is 16.8. The van der Waals surface area contributed by atoms with Crippen molar-refractivity contribution in [3.05, 3.63) is 60.7 Å². The molecule has 1 atom stereocenters. The molecule has 2 rings (SSSR count). The van der Waals surface area contributed by atoms with Crippen LogP contribution in [0.5, 0.6) is 0 Å². The van der Waals surface area contributed by atoms with Gasteiger partial charge in [0, 0.05) is 39.2 Å². The molecule has 122 valence electrons. The highest BCUT2D eigenvalue weighted by Gasteiger charge is 2.21. The van der Waals surface area contributed by atoms with E-state index in [4.69, 9.17) is 4.74 Å². The van der Waals surface area contributed by atoms with Gasteiger partial charge in [-0.1, -0.05) is 24.8 Å². The maximum atomic E-state index is 11.9. The summed E-state index contributed by atoms with van der Waals surface area (Å²) in [5.41, 5.74) is 2.02. The molecular formula is C17H22N4O2. The Labute approximate surface area is 136 Å². The fourth-order valence-corrected chi connectivity index (χ4v) is 2.21. The number of carbonyl (C=O) groups is 1. The number of rotatable bonds is 6. The van der Waals surface area contributed by atoms with E-state index in [0.717, 1.165) is 17.1 Å². The molecule has 0 bridgehead atoms. The molecule has 6 heteroatoms. The number of amides is 1. The normalized spacial score (nSPS) is 11.6. The van der Waals surface area contributed by atoms with Crippen LogP contribution < -0.4 is 10.2 Å². The number of benzene rings is 1. The van der Waals surface area contributed by atoms with Crippen molar-refractivity contribution >= 4 is 11.8 Å². The number of hydrogen-bond donors (Lipinski definition) is 1. The van der Waals surface area contributed by atoms with Gasteiger partial charge >= 0.3 is 6.09 Å². The van der Waals surface area contributed by atoms with Crippen molar-refractivity contribution in [2.75, 3.05) is 25.6 Å². The van der Waals surface area contributed by atoms with E-state index in [9.17, 15) is 4.79 Å². The lowest BCUT2D eigenvalue weighted by atomic mass is 10.1. The molecule has 2 aromatic rings. The van der Waals surface area contributed by atoms with Crippen molar-refractivity contribution in [2.45, 2.75) is 6.04 Å². The second-order valence-electron chi connectivity index (χ2n) is 5.35. The first-order valence-corrected chi connectivity index (χ1v) is 7.31. The lowest BCUT2D eigenvalue weighted by Crippen LogP contribution is -2.31. The zero-order valence-electron chi connectivity index (χ0n) is 13.7. The lowest BCUT2D eigenvalue weighted by molar-refractivity contribution is 0.155. The van der Waals surface area contributed by atoms with Crippen LogP contribution in [0.4, 0.5) is 10.5 Å². The second kappa shape index (κ2) is 7.49. The maximum Gasteiger partial charge on any atom is 0.408 e. The van der Waals surface area contributed by atoms with E-state index in [1.807, 2.05) is 61.1 Å². The molecule has 0 aliphatic rings. The Hall–Kier alpha value is -2.76. The molecule has 6 nitrogen and oxygen atoms in total. The number of nitrogens with zero attached hydrogens (tertiary/aromatic N) is 3. The number of carbonyl (C=O) groups excluding carboxylic acids is 1. The van der Waals surface area contributed by atoms with E-state index in [0.29, 0.717) is 0 Å². The Morgan fingerprint density at radius 1 is 1.43 bits per heavy atom. The molecule has 0 aliphatic heterocycles. The SMILES string of the molecule is C=CCOC(=O)NC(c1ccc(N(C)C)cc1)c1nccn1C. The summed E-state index contributed by atoms with van der Waals surface area (Å²) in [6.07, 6.45) is 4.57. The molecular weight excluding hydrogens is 292 g/mol. The molecule has 1 aromatic carbocycles. The molecule has 1 aromatic heterocycles. The first kappa shape index (κ1) is 16.6. The van der Waals surface area contributed by atoms with Crippen LogP contribution in [-0.4, -0.2) is 36.3 Å². The highest BCUT2D eigenvalue weighted by atomic mass is 16.5. The molecule has 0 spiro atoms. The zero-order valence-corrected chi connectivity index (χ0v) is 13.7. The standard InChI is InChI=1S/C17H22N4O2/c1-5-12-23-17(22)19-15(16-18-10-11-21(16)4)13-6-8-14(9-7-13)20(2)3/h5-11,15H,1,12H2,2-4H3,(H,19,22). The Kier molecular flexibility index (Phi) is 5.41. The number of nitrogens with one attached hydrogen (secondary N) is 1. The minimum absolute atomic E-state index is 0.165. The quantitative estimate of drug-likeness (QED) is 0.832. The van der Waals surface area contributed by atoms with Gasteiger partial charge in [-0.05, 0) is 17.7 Å². The molecule has 1 unspecified atom stereocenters. The van der Waals surface area contributed by atoms with Gasteiger partial charge in [0.2, 0.25) is 0 Å². The van der Waals surface area contributed by atoms with Gasteiger partial charge in [0.05, 0.1) is 0 Å². The number of anilines is 1. The van der Waals surface area contributed by atoms with Crippen LogP contribution >= 0.6 is 0 Å². The molecule has 0 radical (unpaired) electrons. The van der Waals surface area contributed by atoms with Crippen LogP contribution in [-0.2, 0) is 11.8 Å². The summed E-state index contributed by atoms with van der Waals surface area (Å²) in [7, 11) is 5.85. The molecule has 1 amide bonds. The number of aryl methyl sites for hydroxylation is 1. The van der Waals surface area contributed by atoms with Gasteiger partial charge in [-0.15, -0.1) is 0 Å². The summed E-state index contributed by atoms with van der Waals surface area (Å²) in [6, 6.07) is 7.57. The second-order valence-corrected chi connectivity index (χ2v) is 5.35.